The number of anilines is 1. The van der Waals surface area contributed by atoms with E-state index < -0.39 is 0 Å². The number of thiophene rings is 1. The van der Waals surface area contributed by atoms with Gasteiger partial charge in [0.1, 0.15) is 0 Å². The second-order valence-corrected chi connectivity index (χ2v) is 4.88. The van der Waals surface area contributed by atoms with E-state index in [0.717, 1.165) is 34.0 Å². The molecule has 6 heteroatoms. The molecule has 5 nitrogen and oxygen atoms in total. The quantitative estimate of drug-likeness (QED) is 0.679. The molecule has 2 heterocycles. The molecule has 0 amide bonds. The molecule has 2 aromatic heterocycles. The maximum absolute atomic E-state index is 10.6. The second-order valence-electron chi connectivity index (χ2n) is 3.99. The Balaban J connectivity index is 2.04. The number of aryl methyl sites for hydroxylation is 2. The molecule has 0 spiro atoms. The normalized spacial score (nSPS) is 10.3. The Morgan fingerprint density at radius 3 is 2.83 bits per heavy atom. The minimum absolute atomic E-state index is 0.172. The van der Waals surface area contributed by atoms with Gasteiger partial charge < -0.3 is 5.32 Å². The predicted molar refractivity (Wildman–Crippen MR) is 72.0 cm³/mol. The summed E-state index contributed by atoms with van der Waals surface area (Å²) in [5, 5.41) is 15.8. The fourth-order valence-electron chi connectivity index (χ4n) is 1.62. The Morgan fingerprint density at radius 1 is 1.44 bits per heavy atom. The van der Waals surface area contributed by atoms with E-state index in [0.29, 0.717) is 6.54 Å². The second kappa shape index (κ2) is 5.14. The molecular formula is C12H13N3O2S. The largest absolute Gasteiger partial charge is 0.379 e. The van der Waals surface area contributed by atoms with E-state index in [1.807, 2.05) is 26.0 Å². The fourth-order valence-corrected chi connectivity index (χ4v) is 2.35. The van der Waals surface area contributed by atoms with Crippen LogP contribution in [0.1, 0.15) is 17.0 Å². The van der Waals surface area contributed by atoms with Crippen molar-refractivity contribution < 1.29 is 4.92 Å². The zero-order valence-electron chi connectivity index (χ0n) is 10.1. The molecule has 0 aliphatic heterocycles. The number of pyridine rings is 1. The number of hydrogen-bond donors (Lipinski definition) is 1. The molecule has 94 valence electrons. The number of nitrogens with zero attached hydrogens (tertiary/aromatic N) is 2. The lowest BCUT2D eigenvalue weighted by atomic mass is 10.2. The highest BCUT2D eigenvalue weighted by molar-refractivity contribution is 7.13. The van der Waals surface area contributed by atoms with Crippen LogP contribution >= 0.6 is 11.3 Å². The van der Waals surface area contributed by atoms with Crippen LogP contribution in [-0.4, -0.2) is 9.91 Å². The first-order valence-electron chi connectivity index (χ1n) is 5.46. The van der Waals surface area contributed by atoms with Crippen molar-refractivity contribution in [1.29, 1.82) is 0 Å². The number of nitrogens with one attached hydrogen (secondary N) is 1. The summed E-state index contributed by atoms with van der Waals surface area (Å²) < 4.78 is 0. The summed E-state index contributed by atoms with van der Waals surface area (Å²) in [4.78, 5) is 14.5. The first kappa shape index (κ1) is 12.5. The molecule has 0 aliphatic carbocycles. The molecule has 0 atom stereocenters. The van der Waals surface area contributed by atoms with Crippen LogP contribution in [-0.2, 0) is 6.54 Å². The minimum Gasteiger partial charge on any atom is -0.379 e. The van der Waals surface area contributed by atoms with Gasteiger partial charge in [0.2, 0.25) is 0 Å². The summed E-state index contributed by atoms with van der Waals surface area (Å²) in [5.74, 6) is 0. The van der Waals surface area contributed by atoms with Crippen LogP contribution in [0.5, 0.6) is 0 Å². The van der Waals surface area contributed by atoms with Crippen molar-refractivity contribution in [2.75, 3.05) is 5.32 Å². The van der Waals surface area contributed by atoms with Crippen LogP contribution in [0, 0.1) is 24.0 Å². The standard InChI is InChI=1S/C12H13N3O2S/c1-8-3-4-11(9(2)14-8)13-6-10-5-12(15(16)17)18-7-10/h3-5,7,13H,6H2,1-2H3. The summed E-state index contributed by atoms with van der Waals surface area (Å²) in [6.07, 6.45) is 0. The maximum Gasteiger partial charge on any atom is 0.324 e. The molecule has 0 fully saturated rings. The minimum atomic E-state index is -0.368. The van der Waals surface area contributed by atoms with Crippen molar-refractivity contribution in [3.63, 3.8) is 0 Å². The van der Waals surface area contributed by atoms with Gasteiger partial charge in [0, 0.05) is 23.7 Å². The lowest BCUT2D eigenvalue weighted by Gasteiger charge is -2.08. The van der Waals surface area contributed by atoms with Crippen LogP contribution in [0.2, 0.25) is 0 Å². The van der Waals surface area contributed by atoms with Crippen LogP contribution in [0.4, 0.5) is 10.7 Å². The molecule has 2 aromatic rings. The lowest BCUT2D eigenvalue weighted by molar-refractivity contribution is -0.380. The molecule has 0 aliphatic rings. The first-order chi connectivity index (χ1) is 8.56. The Labute approximate surface area is 109 Å². The number of rotatable bonds is 4. The molecule has 18 heavy (non-hydrogen) atoms. The van der Waals surface area contributed by atoms with Gasteiger partial charge in [-0.3, -0.25) is 15.1 Å². The van der Waals surface area contributed by atoms with Gasteiger partial charge in [-0.25, -0.2) is 0 Å². The smallest absolute Gasteiger partial charge is 0.324 e. The highest BCUT2D eigenvalue weighted by Crippen LogP contribution is 2.23. The summed E-state index contributed by atoms with van der Waals surface area (Å²) in [7, 11) is 0. The van der Waals surface area contributed by atoms with Gasteiger partial charge in [0.05, 0.1) is 16.3 Å². The molecule has 0 aromatic carbocycles. The van der Waals surface area contributed by atoms with Crippen molar-refractivity contribution in [3.8, 4) is 0 Å². The van der Waals surface area contributed by atoms with Crippen molar-refractivity contribution >= 4 is 22.0 Å². The lowest BCUT2D eigenvalue weighted by Crippen LogP contribution is -2.01. The van der Waals surface area contributed by atoms with Crippen LogP contribution in [0.25, 0.3) is 0 Å². The SMILES string of the molecule is Cc1ccc(NCc2csc([N+](=O)[O-])c2)c(C)n1. The monoisotopic (exact) mass is 263 g/mol. The molecule has 1 N–H and O–H groups in total. The molecular weight excluding hydrogens is 250 g/mol. The highest BCUT2D eigenvalue weighted by Gasteiger charge is 2.09. The van der Waals surface area contributed by atoms with E-state index in [4.69, 9.17) is 0 Å². The first-order valence-corrected chi connectivity index (χ1v) is 6.34. The Bertz CT molecular complexity index is 580. The Morgan fingerprint density at radius 2 is 2.22 bits per heavy atom. The van der Waals surface area contributed by atoms with E-state index in [9.17, 15) is 10.1 Å². The van der Waals surface area contributed by atoms with Gasteiger partial charge >= 0.3 is 5.00 Å². The number of nitro groups is 1. The van der Waals surface area contributed by atoms with Crippen molar-refractivity contribution in [2.45, 2.75) is 20.4 Å². The van der Waals surface area contributed by atoms with Gasteiger partial charge in [-0.15, -0.1) is 0 Å². The van der Waals surface area contributed by atoms with Crippen LogP contribution < -0.4 is 5.32 Å². The van der Waals surface area contributed by atoms with E-state index in [1.54, 1.807) is 11.4 Å². The Kier molecular flexibility index (Phi) is 3.57. The fraction of sp³-hybridized carbons (Fsp3) is 0.250. The van der Waals surface area contributed by atoms with Crippen LogP contribution in [0.3, 0.4) is 0 Å². The van der Waals surface area contributed by atoms with E-state index in [1.165, 1.54) is 0 Å². The average molecular weight is 263 g/mol. The topological polar surface area (TPSA) is 68.1 Å². The van der Waals surface area contributed by atoms with Crippen LogP contribution in [0.15, 0.2) is 23.6 Å². The molecule has 0 bridgehead atoms. The van der Waals surface area contributed by atoms with Gasteiger partial charge in [0.15, 0.2) is 0 Å². The number of aromatic nitrogens is 1. The molecule has 2 rings (SSSR count). The molecule has 0 radical (unpaired) electrons. The predicted octanol–water partition coefficient (Wildman–Crippen LogP) is 3.28. The molecule has 0 saturated carbocycles. The summed E-state index contributed by atoms with van der Waals surface area (Å²) >= 11 is 1.14. The summed E-state index contributed by atoms with van der Waals surface area (Å²) in [6, 6.07) is 5.50. The molecule has 0 saturated heterocycles. The molecule has 0 unspecified atom stereocenters. The third-order valence-electron chi connectivity index (χ3n) is 2.53. The maximum atomic E-state index is 10.6. The van der Waals surface area contributed by atoms with E-state index in [2.05, 4.69) is 10.3 Å². The summed E-state index contributed by atoms with van der Waals surface area (Å²) in [5.41, 5.74) is 3.77. The Hall–Kier alpha value is -1.95. The van der Waals surface area contributed by atoms with Crippen molar-refractivity contribution in [1.82, 2.24) is 4.98 Å². The van der Waals surface area contributed by atoms with E-state index in [-0.39, 0.29) is 9.92 Å². The van der Waals surface area contributed by atoms with Gasteiger partial charge in [0.25, 0.3) is 0 Å². The zero-order valence-corrected chi connectivity index (χ0v) is 11.0. The van der Waals surface area contributed by atoms with Gasteiger partial charge in [-0.1, -0.05) is 11.3 Å². The number of hydrogen-bond acceptors (Lipinski definition) is 5. The third kappa shape index (κ3) is 2.84. The third-order valence-corrected chi connectivity index (χ3v) is 3.46. The van der Waals surface area contributed by atoms with Gasteiger partial charge in [-0.05, 0) is 31.5 Å². The highest BCUT2D eigenvalue weighted by atomic mass is 32.1. The van der Waals surface area contributed by atoms with E-state index >= 15 is 0 Å². The average Bonchev–Trinajstić information content (AvgIpc) is 2.76. The van der Waals surface area contributed by atoms with Crippen molar-refractivity contribution in [2.24, 2.45) is 0 Å². The van der Waals surface area contributed by atoms with Crippen molar-refractivity contribution in [3.05, 3.63) is 50.6 Å². The van der Waals surface area contributed by atoms with Gasteiger partial charge in [-0.2, -0.15) is 0 Å². The zero-order chi connectivity index (χ0) is 13.1. The summed E-state index contributed by atoms with van der Waals surface area (Å²) in [6.45, 7) is 4.44.